The van der Waals surface area contributed by atoms with Crippen molar-refractivity contribution in [1.82, 2.24) is 0 Å². The third-order valence-corrected chi connectivity index (χ3v) is 4.44. The largest absolute Gasteiger partial charge is 0.486 e. The average molecular weight is 271 g/mol. The zero-order chi connectivity index (χ0) is 10.1. The minimum atomic E-state index is 0.952. The second-order valence-electron chi connectivity index (χ2n) is 3.09. The van der Waals surface area contributed by atoms with Crippen molar-refractivity contribution in [3.63, 3.8) is 0 Å². The van der Waals surface area contributed by atoms with Gasteiger partial charge in [-0.1, -0.05) is 24.3 Å². The summed E-state index contributed by atoms with van der Waals surface area (Å²) in [5.41, 5.74) is 1.36. The van der Waals surface area contributed by atoms with Crippen LogP contribution in [0.3, 0.4) is 0 Å². The van der Waals surface area contributed by atoms with Crippen LogP contribution in [0.5, 0.6) is 5.06 Å². The molecule has 3 heteroatoms. The zero-order valence-corrected chi connectivity index (χ0v) is 10.5. The first kappa shape index (κ1) is 9.99. The number of methoxy groups -OCH3 is 1. The van der Waals surface area contributed by atoms with Gasteiger partial charge in [0.15, 0.2) is 5.06 Å². The van der Waals surface area contributed by atoms with Crippen molar-refractivity contribution in [3.8, 4) is 5.06 Å². The molecule has 0 bridgehead atoms. The molecule has 0 amide bonds. The summed E-state index contributed by atoms with van der Waals surface area (Å²) in [6.45, 7) is 2.17. The van der Waals surface area contributed by atoms with Gasteiger partial charge >= 0.3 is 0 Å². The summed E-state index contributed by atoms with van der Waals surface area (Å²) < 4.78 is 7.62. The lowest BCUT2D eigenvalue weighted by Gasteiger charge is -1.96. The summed E-state index contributed by atoms with van der Waals surface area (Å²) >= 11 is 5.23. The van der Waals surface area contributed by atoms with E-state index in [0.717, 1.165) is 16.0 Å². The van der Waals surface area contributed by atoms with Gasteiger partial charge in [-0.15, -0.1) is 0 Å². The Bertz CT molecular complexity index is 462. The fourth-order valence-electron chi connectivity index (χ4n) is 1.44. The van der Waals surface area contributed by atoms with Crippen molar-refractivity contribution < 1.29 is 4.74 Å². The molecule has 1 aromatic heterocycles. The van der Waals surface area contributed by atoms with E-state index >= 15 is 0 Å². The van der Waals surface area contributed by atoms with Crippen LogP contribution in [0, 0.1) is 0 Å². The van der Waals surface area contributed by atoms with Gasteiger partial charge in [-0.2, -0.15) is 0 Å². The number of ether oxygens (including phenoxy) is 1. The van der Waals surface area contributed by atoms with E-state index in [0.29, 0.717) is 0 Å². The molecule has 74 valence electrons. The molecule has 0 N–H and O–H groups in total. The monoisotopic (exact) mass is 270 g/mol. The number of rotatable bonds is 2. The van der Waals surface area contributed by atoms with Gasteiger partial charge in [0.2, 0.25) is 0 Å². The van der Waals surface area contributed by atoms with E-state index in [1.165, 1.54) is 15.6 Å². The Hall–Kier alpha value is -0.540. The number of hydrogen-bond donors (Lipinski definition) is 0. The molecule has 0 saturated carbocycles. The minimum absolute atomic E-state index is 0.952. The fourth-order valence-corrected chi connectivity index (χ4v) is 3.20. The highest BCUT2D eigenvalue weighted by atomic mass is 79.9. The maximum Gasteiger partial charge on any atom is 0.189 e. The number of fused-ring (bicyclic) bond motifs is 1. The van der Waals surface area contributed by atoms with Gasteiger partial charge < -0.3 is 4.74 Å². The summed E-state index contributed by atoms with van der Waals surface area (Å²) in [5, 5.41) is 2.21. The second-order valence-corrected chi connectivity index (χ2v) is 4.90. The molecule has 0 aliphatic heterocycles. The van der Waals surface area contributed by atoms with Crippen LogP contribution in [0.2, 0.25) is 0 Å². The summed E-state index contributed by atoms with van der Waals surface area (Å²) in [6.07, 6.45) is 1.07. The summed E-state index contributed by atoms with van der Waals surface area (Å²) in [5.74, 6) is 0. The van der Waals surface area contributed by atoms with Crippen molar-refractivity contribution in [2.45, 2.75) is 13.3 Å². The van der Waals surface area contributed by atoms with Crippen LogP contribution in [0.15, 0.2) is 22.7 Å². The predicted octanol–water partition coefficient (Wildman–Crippen LogP) is 4.23. The minimum Gasteiger partial charge on any atom is -0.486 e. The van der Waals surface area contributed by atoms with Gasteiger partial charge in [0, 0.05) is 10.1 Å². The number of hydrogen-bond acceptors (Lipinski definition) is 2. The van der Waals surface area contributed by atoms with Crippen molar-refractivity contribution in [2.24, 2.45) is 0 Å². The maximum absolute atomic E-state index is 5.28. The van der Waals surface area contributed by atoms with Crippen LogP contribution in [-0.2, 0) is 6.42 Å². The lowest BCUT2D eigenvalue weighted by molar-refractivity contribution is 0.425. The van der Waals surface area contributed by atoms with Crippen LogP contribution < -0.4 is 4.74 Å². The molecule has 1 heterocycles. The second kappa shape index (κ2) is 3.91. The quantitative estimate of drug-likeness (QED) is 0.794. The molecule has 0 atom stereocenters. The Morgan fingerprint density at radius 2 is 2.21 bits per heavy atom. The Labute approximate surface area is 95.8 Å². The van der Waals surface area contributed by atoms with Gasteiger partial charge in [-0.25, -0.2) is 0 Å². The average Bonchev–Trinajstić information content (AvgIpc) is 2.55. The van der Waals surface area contributed by atoms with Gasteiger partial charge in [0.1, 0.15) is 0 Å². The van der Waals surface area contributed by atoms with E-state index in [-0.39, 0.29) is 0 Å². The fraction of sp³-hybridized carbons (Fsp3) is 0.273. The summed E-state index contributed by atoms with van der Waals surface area (Å²) in [4.78, 5) is 0. The van der Waals surface area contributed by atoms with E-state index in [1.807, 2.05) is 0 Å². The van der Waals surface area contributed by atoms with E-state index in [2.05, 4.69) is 41.1 Å². The first-order chi connectivity index (χ1) is 6.76. The SMILES string of the molecule is CCc1ccc2sc(OC)c(Br)c2c1. The van der Waals surface area contributed by atoms with Gasteiger partial charge in [0.25, 0.3) is 0 Å². The Kier molecular flexibility index (Phi) is 2.79. The molecular formula is C11H11BrOS. The molecule has 0 aliphatic carbocycles. The van der Waals surface area contributed by atoms with Crippen molar-refractivity contribution >= 4 is 37.4 Å². The van der Waals surface area contributed by atoms with Crippen molar-refractivity contribution in [2.75, 3.05) is 7.11 Å². The van der Waals surface area contributed by atoms with E-state index in [4.69, 9.17) is 4.74 Å². The smallest absolute Gasteiger partial charge is 0.189 e. The lowest BCUT2D eigenvalue weighted by atomic mass is 10.1. The highest BCUT2D eigenvalue weighted by Gasteiger charge is 2.09. The van der Waals surface area contributed by atoms with E-state index in [1.54, 1.807) is 18.4 Å². The van der Waals surface area contributed by atoms with E-state index < -0.39 is 0 Å². The number of benzene rings is 1. The highest BCUT2D eigenvalue weighted by Crippen LogP contribution is 2.41. The van der Waals surface area contributed by atoms with E-state index in [9.17, 15) is 0 Å². The topological polar surface area (TPSA) is 9.23 Å². The zero-order valence-electron chi connectivity index (χ0n) is 8.13. The molecule has 2 rings (SSSR count). The van der Waals surface area contributed by atoms with Crippen LogP contribution >= 0.6 is 27.3 Å². The maximum atomic E-state index is 5.28. The highest BCUT2D eigenvalue weighted by molar-refractivity contribution is 9.10. The molecule has 2 aromatic rings. The van der Waals surface area contributed by atoms with Gasteiger partial charge in [-0.3, -0.25) is 0 Å². The number of aryl methyl sites for hydroxylation is 1. The Morgan fingerprint density at radius 3 is 2.86 bits per heavy atom. The lowest BCUT2D eigenvalue weighted by Crippen LogP contribution is -1.78. The molecule has 0 spiro atoms. The normalized spacial score (nSPS) is 10.8. The predicted molar refractivity (Wildman–Crippen MR) is 65.5 cm³/mol. The molecule has 14 heavy (non-hydrogen) atoms. The van der Waals surface area contributed by atoms with Crippen molar-refractivity contribution in [3.05, 3.63) is 28.2 Å². The first-order valence-corrected chi connectivity index (χ1v) is 6.12. The Morgan fingerprint density at radius 1 is 1.43 bits per heavy atom. The Balaban J connectivity index is 2.68. The van der Waals surface area contributed by atoms with Crippen LogP contribution in [0.25, 0.3) is 10.1 Å². The molecule has 0 aliphatic rings. The van der Waals surface area contributed by atoms with Gasteiger partial charge in [0.05, 0.1) is 11.6 Å². The standard InChI is InChI=1S/C11H11BrOS/c1-3-7-4-5-9-8(6-7)10(12)11(13-2)14-9/h4-6H,3H2,1-2H3. The molecule has 0 saturated heterocycles. The van der Waals surface area contributed by atoms with Crippen LogP contribution in [-0.4, -0.2) is 7.11 Å². The summed E-state index contributed by atoms with van der Waals surface area (Å²) in [7, 11) is 1.70. The third-order valence-electron chi connectivity index (χ3n) is 2.26. The molecule has 1 aromatic carbocycles. The van der Waals surface area contributed by atoms with Crippen LogP contribution in [0.4, 0.5) is 0 Å². The van der Waals surface area contributed by atoms with Crippen molar-refractivity contribution in [1.29, 1.82) is 0 Å². The molecule has 1 nitrogen and oxygen atoms in total. The summed E-state index contributed by atoms with van der Waals surface area (Å²) in [6, 6.07) is 6.55. The first-order valence-electron chi connectivity index (χ1n) is 4.51. The van der Waals surface area contributed by atoms with Gasteiger partial charge in [-0.05, 0) is 40.0 Å². The molecule has 0 radical (unpaired) electrons. The number of halogens is 1. The third kappa shape index (κ3) is 1.55. The van der Waals surface area contributed by atoms with Crippen LogP contribution in [0.1, 0.15) is 12.5 Å². The molecular weight excluding hydrogens is 260 g/mol. The number of thiophene rings is 1. The molecule has 0 fully saturated rings. The molecule has 0 unspecified atom stereocenters.